The van der Waals surface area contributed by atoms with Crippen molar-refractivity contribution in [2.75, 3.05) is 0 Å². The lowest BCUT2D eigenvalue weighted by atomic mass is 10.2. The lowest BCUT2D eigenvalue weighted by Gasteiger charge is -2.09. The second kappa shape index (κ2) is 10.3. The van der Waals surface area contributed by atoms with E-state index in [-0.39, 0.29) is 6.04 Å². The Kier molecular flexibility index (Phi) is 7.82. The number of hydrogen-bond acceptors (Lipinski definition) is 4. The van der Waals surface area contributed by atoms with Crippen molar-refractivity contribution in [3.8, 4) is 5.75 Å². The molecule has 142 valence electrons. The molecule has 0 aliphatic rings. The molecule has 0 saturated heterocycles. The molecule has 0 aliphatic heterocycles. The average Bonchev–Trinajstić information content (AvgIpc) is 2.67. The summed E-state index contributed by atoms with van der Waals surface area (Å²) in [5, 5.41) is 7.06. The van der Waals surface area contributed by atoms with Crippen LogP contribution in [0.5, 0.6) is 5.75 Å². The first-order chi connectivity index (χ1) is 13.0. The summed E-state index contributed by atoms with van der Waals surface area (Å²) in [6.45, 7) is 4.15. The van der Waals surface area contributed by atoms with Gasteiger partial charge in [-0.2, -0.15) is 5.10 Å². The number of nitrogens with zero attached hydrogens (tertiary/aromatic N) is 1. The first-order valence-electron chi connectivity index (χ1n) is 8.59. The van der Waals surface area contributed by atoms with Crippen molar-refractivity contribution in [3.05, 3.63) is 64.7 Å². The Balaban J connectivity index is 1.87. The quantitative estimate of drug-likeness (QED) is 0.434. The fourth-order valence-corrected chi connectivity index (χ4v) is 2.17. The van der Waals surface area contributed by atoms with E-state index in [2.05, 4.69) is 15.8 Å². The van der Waals surface area contributed by atoms with Crippen LogP contribution < -0.4 is 15.5 Å². The van der Waals surface area contributed by atoms with Gasteiger partial charge in [-0.15, -0.1) is 0 Å². The zero-order valence-corrected chi connectivity index (χ0v) is 16.0. The van der Waals surface area contributed by atoms with Gasteiger partial charge in [-0.25, -0.2) is 5.43 Å². The second-order valence-electron chi connectivity index (χ2n) is 5.97. The maximum absolute atomic E-state index is 11.7. The molecule has 0 saturated carbocycles. The lowest BCUT2D eigenvalue weighted by Crippen LogP contribution is -2.41. The van der Waals surface area contributed by atoms with Gasteiger partial charge in [0.2, 0.25) is 0 Å². The van der Waals surface area contributed by atoms with Crippen molar-refractivity contribution in [3.63, 3.8) is 0 Å². The van der Waals surface area contributed by atoms with E-state index in [1.54, 1.807) is 6.07 Å². The highest BCUT2D eigenvalue weighted by atomic mass is 35.5. The smallest absolute Gasteiger partial charge is 0.329 e. The SMILES string of the molecule is CC[C@@H](C)NC(=O)C(=O)N/N=C\c1cccc(OCc2ccc(Cl)cc2)c1. The van der Waals surface area contributed by atoms with E-state index in [9.17, 15) is 9.59 Å². The van der Waals surface area contributed by atoms with Gasteiger partial charge in [0, 0.05) is 11.1 Å². The first kappa shape index (κ1) is 20.5. The summed E-state index contributed by atoms with van der Waals surface area (Å²) in [5.74, 6) is -0.849. The molecule has 0 aromatic heterocycles. The minimum Gasteiger partial charge on any atom is -0.489 e. The summed E-state index contributed by atoms with van der Waals surface area (Å²) >= 11 is 5.86. The number of rotatable bonds is 7. The van der Waals surface area contributed by atoms with Gasteiger partial charge in [-0.1, -0.05) is 42.8 Å². The summed E-state index contributed by atoms with van der Waals surface area (Å²) in [6.07, 6.45) is 2.19. The molecule has 0 radical (unpaired) electrons. The Hall–Kier alpha value is -2.86. The molecule has 0 aliphatic carbocycles. The van der Waals surface area contributed by atoms with Gasteiger partial charge in [-0.05, 0) is 48.7 Å². The molecule has 2 aromatic carbocycles. The van der Waals surface area contributed by atoms with E-state index < -0.39 is 11.8 Å². The third-order valence-electron chi connectivity index (χ3n) is 3.75. The van der Waals surface area contributed by atoms with Gasteiger partial charge in [-0.3, -0.25) is 9.59 Å². The molecule has 7 heteroatoms. The van der Waals surface area contributed by atoms with Gasteiger partial charge in [0.25, 0.3) is 0 Å². The minimum atomic E-state index is -0.804. The Morgan fingerprint density at radius 2 is 1.93 bits per heavy atom. The molecule has 2 N–H and O–H groups in total. The highest BCUT2D eigenvalue weighted by Crippen LogP contribution is 2.15. The minimum absolute atomic E-state index is 0.0679. The van der Waals surface area contributed by atoms with Crippen molar-refractivity contribution in [1.29, 1.82) is 0 Å². The van der Waals surface area contributed by atoms with Gasteiger partial charge in [0.15, 0.2) is 0 Å². The summed E-state index contributed by atoms with van der Waals surface area (Å²) in [6, 6.07) is 14.6. The number of amides is 2. The summed E-state index contributed by atoms with van der Waals surface area (Å²) < 4.78 is 5.74. The Morgan fingerprint density at radius 3 is 2.63 bits per heavy atom. The topological polar surface area (TPSA) is 79.8 Å². The normalized spacial score (nSPS) is 11.8. The highest BCUT2D eigenvalue weighted by molar-refractivity contribution is 6.35. The van der Waals surface area contributed by atoms with Crippen LogP contribution in [0.1, 0.15) is 31.4 Å². The molecule has 27 heavy (non-hydrogen) atoms. The van der Waals surface area contributed by atoms with E-state index in [4.69, 9.17) is 16.3 Å². The third-order valence-corrected chi connectivity index (χ3v) is 4.00. The number of ether oxygens (including phenoxy) is 1. The molecular formula is C20H22ClN3O3. The monoisotopic (exact) mass is 387 g/mol. The number of carbonyl (C=O) groups excluding carboxylic acids is 2. The van der Waals surface area contributed by atoms with Crippen molar-refractivity contribution in [2.45, 2.75) is 32.9 Å². The van der Waals surface area contributed by atoms with Crippen LogP contribution in [0.3, 0.4) is 0 Å². The van der Waals surface area contributed by atoms with Crippen LogP contribution in [0.15, 0.2) is 53.6 Å². The van der Waals surface area contributed by atoms with E-state index in [1.807, 2.05) is 56.3 Å². The number of halogens is 1. The number of nitrogens with one attached hydrogen (secondary N) is 2. The number of hydrazone groups is 1. The molecule has 1 atom stereocenters. The lowest BCUT2D eigenvalue weighted by molar-refractivity contribution is -0.139. The van der Waals surface area contributed by atoms with E-state index in [0.717, 1.165) is 17.5 Å². The van der Waals surface area contributed by atoms with Gasteiger partial charge in [0.1, 0.15) is 12.4 Å². The Bertz CT molecular complexity index is 806. The molecule has 2 amide bonds. The predicted octanol–water partition coefficient (Wildman–Crippen LogP) is 3.28. The third kappa shape index (κ3) is 7.11. The zero-order chi connectivity index (χ0) is 19.6. The van der Waals surface area contributed by atoms with Crippen LogP contribution >= 0.6 is 11.6 Å². The molecule has 0 fully saturated rings. The van der Waals surface area contributed by atoms with E-state index in [1.165, 1.54) is 6.21 Å². The molecule has 0 unspecified atom stereocenters. The van der Waals surface area contributed by atoms with Gasteiger partial charge >= 0.3 is 11.8 Å². The summed E-state index contributed by atoms with van der Waals surface area (Å²) in [4.78, 5) is 23.3. The second-order valence-corrected chi connectivity index (χ2v) is 6.41. The van der Waals surface area contributed by atoms with Crippen molar-refractivity contribution < 1.29 is 14.3 Å². The van der Waals surface area contributed by atoms with Gasteiger partial charge < -0.3 is 10.1 Å². The molecule has 0 heterocycles. The molecule has 0 spiro atoms. The molecule has 0 bridgehead atoms. The largest absolute Gasteiger partial charge is 0.489 e. The fraction of sp³-hybridized carbons (Fsp3) is 0.250. The van der Waals surface area contributed by atoms with Crippen molar-refractivity contribution >= 4 is 29.6 Å². The Labute approximate surface area is 163 Å². The van der Waals surface area contributed by atoms with Crippen LogP contribution in [0.2, 0.25) is 5.02 Å². The standard InChI is InChI=1S/C20H22ClN3O3/c1-3-14(2)23-19(25)20(26)24-22-12-16-5-4-6-18(11-16)27-13-15-7-9-17(21)10-8-15/h4-12,14H,3,13H2,1-2H3,(H,23,25)(H,24,26)/b22-12-/t14-/m1/s1. The van der Waals surface area contributed by atoms with E-state index >= 15 is 0 Å². The number of carbonyl (C=O) groups is 2. The fourth-order valence-electron chi connectivity index (χ4n) is 2.04. The average molecular weight is 388 g/mol. The molecule has 2 rings (SSSR count). The van der Waals surface area contributed by atoms with Crippen molar-refractivity contribution in [1.82, 2.24) is 10.7 Å². The summed E-state index contributed by atoms with van der Waals surface area (Å²) in [7, 11) is 0. The van der Waals surface area contributed by atoms with Crippen LogP contribution in [-0.4, -0.2) is 24.1 Å². The molecular weight excluding hydrogens is 366 g/mol. The Morgan fingerprint density at radius 1 is 1.19 bits per heavy atom. The molecule has 6 nitrogen and oxygen atoms in total. The maximum Gasteiger partial charge on any atom is 0.329 e. The predicted molar refractivity (Wildman–Crippen MR) is 106 cm³/mol. The zero-order valence-electron chi connectivity index (χ0n) is 15.2. The maximum atomic E-state index is 11.7. The number of benzene rings is 2. The van der Waals surface area contributed by atoms with Gasteiger partial charge in [0.05, 0.1) is 6.21 Å². The van der Waals surface area contributed by atoms with E-state index in [0.29, 0.717) is 17.4 Å². The van der Waals surface area contributed by atoms with Crippen LogP contribution in [0.4, 0.5) is 0 Å². The van der Waals surface area contributed by atoms with Crippen LogP contribution in [-0.2, 0) is 16.2 Å². The first-order valence-corrected chi connectivity index (χ1v) is 8.97. The van der Waals surface area contributed by atoms with Crippen molar-refractivity contribution in [2.24, 2.45) is 5.10 Å². The van der Waals surface area contributed by atoms with Crippen LogP contribution in [0.25, 0.3) is 0 Å². The number of hydrogen-bond donors (Lipinski definition) is 2. The highest BCUT2D eigenvalue weighted by Gasteiger charge is 2.14. The molecule has 2 aromatic rings. The summed E-state index contributed by atoms with van der Waals surface area (Å²) in [5.41, 5.74) is 3.93. The van der Waals surface area contributed by atoms with Crippen LogP contribution in [0, 0.1) is 0 Å².